The van der Waals surface area contributed by atoms with Gasteiger partial charge in [-0.3, -0.25) is 15.2 Å². The van der Waals surface area contributed by atoms with Crippen LogP contribution in [-0.4, -0.2) is 31.1 Å². The zero-order valence-corrected chi connectivity index (χ0v) is 15.5. The number of hydrogen-bond acceptors (Lipinski definition) is 3. The van der Waals surface area contributed by atoms with E-state index in [9.17, 15) is 0 Å². The van der Waals surface area contributed by atoms with Crippen molar-refractivity contribution in [3.8, 4) is 0 Å². The van der Waals surface area contributed by atoms with Gasteiger partial charge in [0.15, 0.2) is 0 Å². The van der Waals surface area contributed by atoms with Crippen molar-refractivity contribution in [3.63, 3.8) is 0 Å². The van der Waals surface area contributed by atoms with E-state index in [1.54, 1.807) is 7.11 Å². The van der Waals surface area contributed by atoms with Crippen LogP contribution in [0.25, 0.3) is 10.8 Å². The van der Waals surface area contributed by atoms with Crippen LogP contribution >= 0.6 is 0 Å². The third-order valence-corrected chi connectivity index (χ3v) is 6.19. The van der Waals surface area contributed by atoms with Gasteiger partial charge in [-0.05, 0) is 54.6 Å². The molecule has 0 radical (unpaired) electrons. The number of piperidine rings is 1. The van der Waals surface area contributed by atoms with E-state index in [2.05, 4.69) is 66.8 Å². The molecule has 2 bridgehead atoms. The average Bonchev–Trinajstić information content (AvgIpc) is 2.88. The molecule has 2 fully saturated rings. The minimum absolute atomic E-state index is 0.482. The molecule has 25 heavy (non-hydrogen) atoms. The zero-order valence-electron chi connectivity index (χ0n) is 15.5. The summed E-state index contributed by atoms with van der Waals surface area (Å²) in [5.74, 6) is 0.482. The van der Waals surface area contributed by atoms with Gasteiger partial charge in [0.2, 0.25) is 0 Å². The highest BCUT2D eigenvalue weighted by Crippen LogP contribution is 2.47. The number of nitrogens with one attached hydrogen (secondary N) is 1. The average molecular weight is 336 g/mol. The van der Waals surface area contributed by atoms with Crippen LogP contribution in [-0.2, 0) is 4.84 Å². The van der Waals surface area contributed by atoms with Crippen molar-refractivity contribution >= 4 is 10.8 Å². The normalized spacial score (nSPS) is 28.4. The molecule has 2 saturated heterocycles. The predicted octanol–water partition coefficient (Wildman–Crippen LogP) is 4.61. The Labute approximate surface area is 150 Å². The number of allylic oxidation sites excluding steroid dienone is 1. The van der Waals surface area contributed by atoms with Crippen molar-refractivity contribution in [1.29, 1.82) is 0 Å². The molecule has 1 N–H and O–H groups in total. The van der Waals surface area contributed by atoms with Crippen LogP contribution in [0.3, 0.4) is 0 Å². The van der Waals surface area contributed by atoms with E-state index in [1.165, 1.54) is 46.9 Å². The van der Waals surface area contributed by atoms with Crippen molar-refractivity contribution in [3.05, 3.63) is 59.3 Å². The Kier molecular flexibility index (Phi) is 4.53. The van der Waals surface area contributed by atoms with Crippen molar-refractivity contribution in [1.82, 2.24) is 10.4 Å². The van der Waals surface area contributed by atoms with Crippen LogP contribution in [0.4, 0.5) is 0 Å². The highest BCUT2D eigenvalue weighted by molar-refractivity contribution is 5.83. The number of nitrogens with zero attached hydrogens (tertiary/aromatic N) is 1. The third kappa shape index (κ3) is 2.86. The molecule has 4 rings (SSSR count). The Morgan fingerprint density at radius 1 is 1.16 bits per heavy atom. The van der Waals surface area contributed by atoms with E-state index in [4.69, 9.17) is 4.84 Å². The smallest absolute Gasteiger partial charge is 0.0636 e. The molecule has 0 spiro atoms. The molecule has 3 heteroatoms. The van der Waals surface area contributed by atoms with E-state index in [-0.39, 0.29) is 0 Å². The van der Waals surface area contributed by atoms with Gasteiger partial charge in [0.25, 0.3) is 0 Å². The standard InChI is InChI=1S/C22H28N2O/c1-4-20(23-25-3)22-19(14-18-11-12-21(22)24(18)2)17-10-9-15-7-5-6-8-16(15)13-17/h5-10,13,18-19,21,23H,4,11-12,14H2,1-3H3/t18?,19-,21+/m0/s1. The second kappa shape index (κ2) is 6.81. The summed E-state index contributed by atoms with van der Waals surface area (Å²) in [5, 5.41) is 2.65. The van der Waals surface area contributed by atoms with Crippen molar-refractivity contribution in [2.75, 3.05) is 14.2 Å². The van der Waals surface area contributed by atoms with Crippen LogP contribution < -0.4 is 5.48 Å². The minimum atomic E-state index is 0.482. The molecule has 2 aromatic carbocycles. The van der Waals surface area contributed by atoms with Gasteiger partial charge in [0, 0.05) is 23.7 Å². The van der Waals surface area contributed by atoms with Gasteiger partial charge in [-0.15, -0.1) is 0 Å². The van der Waals surface area contributed by atoms with Crippen LogP contribution in [0.5, 0.6) is 0 Å². The van der Waals surface area contributed by atoms with Gasteiger partial charge >= 0.3 is 0 Å². The van der Waals surface area contributed by atoms with E-state index in [0.717, 1.165) is 6.42 Å². The molecule has 2 aromatic rings. The van der Waals surface area contributed by atoms with E-state index < -0.39 is 0 Å². The van der Waals surface area contributed by atoms with Gasteiger partial charge in [-0.2, -0.15) is 0 Å². The molecular formula is C22H28N2O. The number of fused-ring (bicyclic) bond motifs is 3. The summed E-state index contributed by atoms with van der Waals surface area (Å²) < 4.78 is 0. The Morgan fingerprint density at radius 3 is 2.72 bits per heavy atom. The van der Waals surface area contributed by atoms with Crippen molar-refractivity contribution in [2.45, 2.75) is 50.6 Å². The Hall–Kier alpha value is -1.84. The Morgan fingerprint density at radius 2 is 1.96 bits per heavy atom. The molecule has 0 saturated carbocycles. The summed E-state index contributed by atoms with van der Waals surface area (Å²) in [4.78, 5) is 7.90. The molecule has 0 aliphatic carbocycles. The molecule has 2 aliphatic heterocycles. The summed E-state index contributed by atoms with van der Waals surface area (Å²) >= 11 is 0. The predicted molar refractivity (Wildman–Crippen MR) is 103 cm³/mol. The van der Waals surface area contributed by atoms with Crippen LogP contribution in [0.2, 0.25) is 0 Å². The lowest BCUT2D eigenvalue weighted by Gasteiger charge is -2.40. The van der Waals surface area contributed by atoms with Crippen molar-refractivity contribution < 1.29 is 4.84 Å². The van der Waals surface area contributed by atoms with Crippen LogP contribution in [0.1, 0.15) is 44.1 Å². The molecule has 2 heterocycles. The maximum atomic E-state index is 5.32. The first-order chi connectivity index (χ1) is 12.2. The Balaban J connectivity index is 1.82. The first-order valence-corrected chi connectivity index (χ1v) is 9.45. The lowest BCUT2D eigenvalue weighted by molar-refractivity contribution is 0.110. The number of benzene rings is 2. The SMILES string of the molecule is CCC(NOC)=C1[C@H](c2ccc3ccccc3c2)CC2CC[C@H]1N2C. The van der Waals surface area contributed by atoms with Gasteiger partial charge < -0.3 is 0 Å². The van der Waals surface area contributed by atoms with Crippen LogP contribution in [0.15, 0.2) is 53.7 Å². The summed E-state index contributed by atoms with van der Waals surface area (Å²) in [6, 6.07) is 16.9. The van der Waals surface area contributed by atoms with E-state index in [0.29, 0.717) is 18.0 Å². The molecular weight excluding hydrogens is 308 g/mol. The first-order valence-electron chi connectivity index (χ1n) is 9.45. The first kappa shape index (κ1) is 16.6. The second-order valence-corrected chi connectivity index (χ2v) is 7.40. The highest BCUT2D eigenvalue weighted by Gasteiger charge is 2.43. The molecule has 0 aromatic heterocycles. The van der Waals surface area contributed by atoms with Crippen molar-refractivity contribution in [2.24, 2.45) is 0 Å². The minimum Gasteiger partial charge on any atom is -0.297 e. The number of rotatable bonds is 4. The summed E-state index contributed by atoms with van der Waals surface area (Å²) in [7, 11) is 4.00. The molecule has 3 nitrogen and oxygen atoms in total. The highest BCUT2D eigenvalue weighted by atomic mass is 16.6. The summed E-state index contributed by atoms with van der Waals surface area (Å²) in [6.07, 6.45) is 4.74. The topological polar surface area (TPSA) is 24.5 Å². The van der Waals surface area contributed by atoms with Gasteiger partial charge in [-0.1, -0.05) is 49.4 Å². The number of hydroxylamine groups is 1. The third-order valence-electron chi connectivity index (χ3n) is 6.19. The quantitative estimate of drug-likeness (QED) is 0.826. The fraction of sp³-hybridized carbons (Fsp3) is 0.455. The van der Waals surface area contributed by atoms with E-state index >= 15 is 0 Å². The number of likely N-dealkylation sites (N-methyl/N-ethyl adjacent to an activating group) is 1. The Bertz CT molecular complexity index is 797. The van der Waals surface area contributed by atoms with Crippen LogP contribution in [0, 0.1) is 0 Å². The lowest BCUT2D eigenvalue weighted by Crippen LogP contribution is -2.42. The van der Waals surface area contributed by atoms with E-state index in [1.807, 2.05) is 0 Å². The maximum Gasteiger partial charge on any atom is 0.0636 e. The largest absolute Gasteiger partial charge is 0.297 e. The monoisotopic (exact) mass is 336 g/mol. The lowest BCUT2D eigenvalue weighted by atomic mass is 9.79. The fourth-order valence-electron chi connectivity index (χ4n) is 4.91. The summed E-state index contributed by atoms with van der Waals surface area (Å²) in [5.41, 5.74) is 7.44. The van der Waals surface area contributed by atoms with Gasteiger partial charge in [0.05, 0.1) is 7.11 Å². The molecule has 1 unspecified atom stereocenters. The molecule has 2 aliphatic rings. The maximum absolute atomic E-state index is 5.32. The van der Waals surface area contributed by atoms with Gasteiger partial charge in [-0.25, -0.2) is 0 Å². The molecule has 3 atom stereocenters. The zero-order chi connectivity index (χ0) is 17.4. The number of hydrogen-bond donors (Lipinski definition) is 1. The molecule has 0 amide bonds. The second-order valence-electron chi connectivity index (χ2n) is 7.40. The van der Waals surface area contributed by atoms with Gasteiger partial charge in [0.1, 0.15) is 0 Å². The molecule has 132 valence electrons. The fourth-order valence-corrected chi connectivity index (χ4v) is 4.91. The summed E-state index contributed by atoms with van der Waals surface area (Å²) in [6.45, 7) is 2.22.